The predicted octanol–water partition coefficient (Wildman–Crippen LogP) is 2.14. The molecule has 4 heteroatoms. The Morgan fingerprint density at radius 3 is 2.53 bits per heavy atom. The van der Waals surface area contributed by atoms with Crippen LogP contribution in [-0.2, 0) is 14.3 Å². The molecule has 0 heterocycles. The van der Waals surface area contributed by atoms with E-state index in [9.17, 15) is 9.59 Å². The van der Waals surface area contributed by atoms with Gasteiger partial charge < -0.3 is 9.64 Å². The zero-order valence-corrected chi connectivity index (χ0v) is 11.1. The molecule has 0 atom stereocenters. The third-order valence-electron chi connectivity index (χ3n) is 2.40. The number of hydrogen-bond donors (Lipinski definition) is 0. The van der Waals surface area contributed by atoms with Crippen molar-refractivity contribution >= 4 is 11.9 Å². The summed E-state index contributed by atoms with van der Waals surface area (Å²) in [7, 11) is 0. The molecule has 0 aliphatic heterocycles. The molecule has 0 aromatic carbocycles. The van der Waals surface area contributed by atoms with E-state index in [-0.39, 0.29) is 24.3 Å². The summed E-state index contributed by atoms with van der Waals surface area (Å²) in [4.78, 5) is 24.5. The molecule has 17 heavy (non-hydrogen) atoms. The molecule has 0 aliphatic rings. The first-order valence-electron chi connectivity index (χ1n) is 6.11. The number of nitrogens with zero attached hydrogens (tertiary/aromatic N) is 1. The average Bonchev–Trinajstić information content (AvgIpc) is 2.28. The Labute approximate surface area is 104 Å². The second kappa shape index (κ2) is 8.79. The zero-order valence-electron chi connectivity index (χ0n) is 11.1. The van der Waals surface area contributed by atoms with Gasteiger partial charge >= 0.3 is 5.97 Å². The van der Waals surface area contributed by atoms with Gasteiger partial charge in [-0.2, -0.15) is 0 Å². The first kappa shape index (κ1) is 15.7. The Bertz CT molecular complexity index is 261. The van der Waals surface area contributed by atoms with Crippen LogP contribution in [0.15, 0.2) is 12.7 Å². The Morgan fingerprint density at radius 1 is 1.41 bits per heavy atom. The van der Waals surface area contributed by atoms with E-state index >= 15 is 0 Å². The minimum Gasteiger partial charge on any atom is -0.466 e. The second-order valence-corrected chi connectivity index (χ2v) is 4.15. The number of carbonyl (C=O) groups excluding carboxylic acids is 2. The fourth-order valence-electron chi connectivity index (χ4n) is 1.35. The van der Waals surface area contributed by atoms with E-state index in [0.29, 0.717) is 13.2 Å². The van der Waals surface area contributed by atoms with Crippen LogP contribution in [0.5, 0.6) is 0 Å². The van der Waals surface area contributed by atoms with E-state index in [4.69, 9.17) is 4.74 Å². The van der Waals surface area contributed by atoms with Crippen LogP contribution in [0, 0.1) is 0 Å². The van der Waals surface area contributed by atoms with Crippen molar-refractivity contribution in [3.63, 3.8) is 0 Å². The van der Waals surface area contributed by atoms with Crippen molar-refractivity contribution in [2.45, 2.75) is 46.1 Å². The summed E-state index contributed by atoms with van der Waals surface area (Å²) in [6, 6.07) is 0.0592. The van der Waals surface area contributed by atoms with Crippen LogP contribution in [0.1, 0.15) is 40.0 Å². The van der Waals surface area contributed by atoms with Crippen LogP contribution in [-0.4, -0.2) is 36.0 Å². The summed E-state index contributed by atoms with van der Waals surface area (Å²) in [5, 5.41) is 0. The maximum Gasteiger partial charge on any atom is 0.307 e. The summed E-state index contributed by atoms with van der Waals surface area (Å²) in [5.41, 5.74) is 0. The second-order valence-electron chi connectivity index (χ2n) is 4.15. The van der Waals surface area contributed by atoms with Gasteiger partial charge in [-0.05, 0) is 26.3 Å². The number of unbranched alkanes of at least 4 members (excludes halogenated alkanes) is 1. The smallest absolute Gasteiger partial charge is 0.307 e. The fraction of sp³-hybridized carbons (Fsp3) is 0.692. The fourth-order valence-corrected chi connectivity index (χ4v) is 1.35. The zero-order chi connectivity index (χ0) is 13.3. The summed E-state index contributed by atoms with van der Waals surface area (Å²) in [6.07, 6.45) is 3.38. The van der Waals surface area contributed by atoms with Crippen LogP contribution in [0.4, 0.5) is 0 Å². The molecule has 0 spiro atoms. The molecule has 0 radical (unpaired) electrons. The van der Waals surface area contributed by atoms with Gasteiger partial charge in [-0.15, -0.1) is 0 Å². The van der Waals surface area contributed by atoms with Crippen molar-refractivity contribution in [2.75, 3.05) is 13.2 Å². The Morgan fingerprint density at radius 2 is 2.06 bits per heavy atom. The first-order chi connectivity index (χ1) is 8.02. The lowest BCUT2D eigenvalue weighted by Crippen LogP contribution is -2.37. The van der Waals surface area contributed by atoms with Gasteiger partial charge in [0.25, 0.3) is 0 Å². The van der Waals surface area contributed by atoms with Crippen molar-refractivity contribution < 1.29 is 14.3 Å². The highest BCUT2D eigenvalue weighted by Crippen LogP contribution is 2.02. The van der Waals surface area contributed by atoms with E-state index < -0.39 is 0 Å². The van der Waals surface area contributed by atoms with Crippen molar-refractivity contribution in [3.8, 4) is 0 Å². The molecule has 0 N–H and O–H groups in total. The molecule has 0 aromatic rings. The van der Waals surface area contributed by atoms with E-state index in [0.717, 1.165) is 12.8 Å². The number of rotatable bonds is 8. The molecule has 0 bridgehead atoms. The summed E-state index contributed by atoms with van der Waals surface area (Å²) < 4.78 is 5.02. The summed E-state index contributed by atoms with van der Waals surface area (Å²) >= 11 is 0. The molecule has 0 aliphatic carbocycles. The molecule has 0 fully saturated rings. The highest BCUT2D eigenvalue weighted by atomic mass is 16.5. The molecular weight excluding hydrogens is 218 g/mol. The Kier molecular flexibility index (Phi) is 8.11. The highest BCUT2D eigenvalue weighted by molar-refractivity contribution is 5.87. The Hall–Kier alpha value is -1.32. The van der Waals surface area contributed by atoms with Gasteiger partial charge in [-0.25, -0.2) is 0 Å². The van der Waals surface area contributed by atoms with E-state index in [2.05, 4.69) is 6.58 Å². The van der Waals surface area contributed by atoms with Gasteiger partial charge in [-0.3, -0.25) is 9.59 Å². The standard InChI is InChI=1S/C13H23NO3/c1-5-7-10-17-13(16)8-9-14(11(3)4)12(15)6-2/h6,11H,2,5,7-10H2,1,3-4H3. The van der Waals surface area contributed by atoms with Crippen molar-refractivity contribution in [3.05, 3.63) is 12.7 Å². The quantitative estimate of drug-likeness (QED) is 0.371. The van der Waals surface area contributed by atoms with Gasteiger partial charge in [0, 0.05) is 12.6 Å². The molecule has 1 amide bonds. The third kappa shape index (κ3) is 6.76. The number of esters is 1. The van der Waals surface area contributed by atoms with Gasteiger partial charge in [0.2, 0.25) is 5.91 Å². The van der Waals surface area contributed by atoms with Gasteiger partial charge in [0.1, 0.15) is 0 Å². The normalized spacial score (nSPS) is 10.1. The van der Waals surface area contributed by atoms with Crippen LogP contribution >= 0.6 is 0 Å². The number of ether oxygens (including phenoxy) is 1. The predicted molar refractivity (Wildman–Crippen MR) is 67.5 cm³/mol. The van der Waals surface area contributed by atoms with Gasteiger partial charge in [0.15, 0.2) is 0 Å². The molecule has 98 valence electrons. The molecule has 0 saturated carbocycles. The van der Waals surface area contributed by atoms with E-state index in [1.165, 1.54) is 6.08 Å². The number of amides is 1. The van der Waals surface area contributed by atoms with Crippen molar-refractivity contribution in [1.29, 1.82) is 0 Å². The SMILES string of the molecule is C=CC(=O)N(CCC(=O)OCCCC)C(C)C. The van der Waals surface area contributed by atoms with Gasteiger partial charge in [0.05, 0.1) is 13.0 Å². The Balaban J connectivity index is 4.00. The lowest BCUT2D eigenvalue weighted by Gasteiger charge is -2.24. The molecule has 0 unspecified atom stereocenters. The lowest BCUT2D eigenvalue weighted by molar-refractivity contribution is -0.144. The minimum atomic E-state index is -0.249. The van der Waals surface area contributed by atoms with E-state index in [1.807, 2.05) is 20.8 Å². The first-order valence-corrected chi connectivity index (χ1v) is 6.11. The largest absolute Gasteiger partial charge is 0.466 e. The molecule has 0 aromatic heterocycles. The average molecular weight is 241 g/mol. The van der Waals surface area contributed by atoms with Crippen LogP contribution in [0.2, 0.25) is 0 Å². The summed E-state index contributed by atoms with van der Waals surface area (Å²) in [5.74, 6) is -0.401. The minimum absolute atomic E-state index is 0.0592. The molecule has 4 nitrogen and oxygen atoms in total. The highest BCUT2D eigenvalue weighted by Gasteiger charge is 2.15. The molecular formula is C13H23NO3. The monoisotopic (exact) mass is 241 g/mol. The molecule has 0 saturated heterocycles. The maximum absolute atomic E-state index is 11.5. The lowest BCUT2D eigenvalue weighted by atomic mass is 10.2. The van der Waals surface area contributed by atoms with Crippen LogP contribution < -0.4 is 0 Å². The third-order valence-corrected chi connectivity index (χ3v) is 2.40. The number of hydrogen-bond acceptors (Lipinski definition) is 3. The van der Waals surface area contributed by atoms with Gasteiger partial charge in [-0.1, -0.05) is 19.9 Å². The summed E-state index contributed by atoms with van der Waals surface area (Å²) in [6.45, 7) is 10.1. The van der Waals surface area contributed by atoms with Crippen LogP contribution in [0.25, 0.3) is 0 Å². The molecule has 0 rings (SSSR count). The van der Waals surface area contributed by atoms with E-state index in [1.54, 1.807) is 4.90 Å². The van der Waals surface area contributed by atoms with Crippen molar-refractivity contribution in [2.24, 2.45) is 0 Å². The number of carbonyl (C=O) groups is 2. The topological polar surface area (TPSA) is 46.6 Å². The van der Waals surface area contributed by atoms with Crippen LogP contribution in [0.3, 0.4) is 0 Å². The maximum atomic E-state index is 11.5. The van der Waals surface area contributed by atoms with Crippen molar-refractivity contribution in [1.82, 2.24) is 4.90 Å².